The molecule has 2 heterocycles. The molecule has 0 aliphatic carbocycles. The van der Waals surface area contributed by atoms with Gasteiger partial charge in [-0.2, -0.15) is 4.98 Å². The third kappa shape index (κ3) is 2.80. The molecule has 1 atom stereocenters. The molecule has 2 N–H and O–H groups in total. The van der Waals surface area contributed by atoms with E-state index in [1.165, 1.54) is 5.56 Å². The first-order valence-electron chi connectivity index (χ1n) is 7.21. The van der Waals surface area contributed by atoms with Gasteiger partial charge in [0.15, 0.2) is 5.82 Å². The molecule has 0 saturated heterocycles. The Morgan fingerprint density at radius 1 is 1.50 bits per heavy atom. The lowest BCUT2D eigenvalue weighted by atomic mass is 9.93. The molecule has 1 unspecified atom stereocenters. The average molecular weight is 302 g/mol. The maximum atomic E-state index is 12.4. The first-order valence-corrected chi connectivity index (χ1v) is 7.21. The summed E-state index contributed by atoms with van der Waals surface area (Å²) in [4.78, 5) is 18.1. The Balaban J connectivity index is 1.70. The zero-order valence-corrected chi connectivity index (χ0v) is 12.3. The van der Waals surface area contributed by atoms with Crippen LogP contribution in [0.15, 0.2) is 28.8 Å². The standard InChI is InChI=1S/C15H18N4O3/c1-10-17-14(18-22-10)8-16-15(21)19-7-6-11-4-2-3-5-12(11)13(19)9-20/h2-5,13,20H,6-9H2,1H3,(H,16,21). The fourth-order valence-electron chi connectivity index (χ4n) is 2.76. The average Bonchev–Trinajstić information content (AvgIpc) is 2.97. The number of amides is 2. The van der Waals surface area contributed by atoms with E-state index in [1.807, 2.05) is 24.3 Å². The van der Waals surface area contributed by atoms with Gasteiger partial charge in [0.1, 0.15) is 0 Å². The minimum atomic E-state index is -0.322. The summed E-state index contributed by atoms with van der Waals surface area (Å²) in [7, 11) is 0. The van der Waals surface area contributed by atoms with Crippen LogP contribution in [-0.2, 0) is 13.0 Å². The number of aliphatic hydroxyl groups is 1. The first kappa shape index (κ1) is 14.5. The number of carbonyl (C=O) groups is 1. The lowest BCUT2D eigenvalue weighted by Crippen LogP contribution is -2.46. The molecule has 1 aromatic heterocycles. The highest BCUT2D eigenvalue weighted by Gasteiger charge is 2.30. The summed E-state index contributed by atoms with van der Waals surface area (Å²) in [6.45, 7) is 2.36. The normalized spacial score (nSPS) is 17.2. The number of benzene rings is 1. The molecule has 1 aliphatic rings. The number of hydrogen-bond donors (Lipinski definition) is 2. The van der Waals surface area contributed by atoms with Crippen LogP contribution in [0.1, 0.15) is 28.9 Å². The molecule has 0 saturated carbocycles. The zero-order chi connectivity index (χ0) is 15.5. The lowest BCUT2D eigenvalue weighted by Gasteiger charge is -2.36. The molecular formula is C15H18N4O3. The molecule has 2 amide bonds. The topological polar surface area (TPSA) is 91.5 Å². The van der Waals surface area contributed by atoms with Crippen molar-refractivity contribution in [2.75, 3.05) is 13.2 Å². The molecule has 116 valence electrons. The van der Waals surface area contributed by atoms with E-state index in [0.29, 0.717) is 18.3 Å². The number of aliphatic hydroxyl groups excluding tert-OH is 1. The molecule has 0 spiro atoms. The van der Waals surface area contributed by atoms with Crippen LogP contribution < -0.4 is 5.32 Å². The molecule has 7 nitrogen and oxygen atoms in total. The van der Waals surface area contributed by atoms with E-state index in [0.717, 1.165) is 12.0 Å². The Hall–Kier alpha value is -2.41. The summed E-state index contributed by atoms with van der Waals surface area (Å²) in [5, 5.41) is 16.2. The van der Waals surface area contributed by atoms with Crippen molar-refractivity contribution in [1.29, 1.82) is 0 Å². The number of fused-ring (bicyclic) bond motifs is 1. The number of hydrogen-bond acceptors (Lipinski definition) is 5. The van der Waals surface area contributed by atoms with Gasteiger partial charge in [0, 0.05) is 13.5 Å². The van der Waals surface area contributed by atoms with Crippen molar-refractivity contribution in [2.45, 2.75) is 25.9 Å². The molecule has 1 aromatic carbocycles. The molecule has 7 heteroatoms. The highest BCUT2D eigenvalue weighted by atomic mass is 16.5. The molecule has 3 rings (SSSR count). The second-order valence-corrected chi connectivity index (χ2v) is 5.23. The predicted octanol–water partition coefficient (Wildman–Crippen LogP) is 1.18. The van der Waals surface area contributed by atoms with Gasteiger partial charge in [-0.25, -0.2) is 4.79 Å². The molecule has 0 fully saturated rings. The van der Waals surface area contributed by atoms with Crippen molar-refractivity contribution in [1.82, 2.24) is 20.4 Å². The second-order valence-electron chi connectivity index (χ2n) is 5.23. The van der Waals surface area contributed by atoms with E-state index in [4.69, 9.17) is 4.52 Å². The van der Waals surface area contributed by atoms with Crippen molar-refractivity contribution in [3.63, 3.8) is 0 Å². The molecule has 0 radical (unpaired) electrons. The Morgan fingerprint density at radius 2 is 2.32 bits per heavy atom. The van der Waals surface area contributed by atoms with E-state index in [-0.39, 0.29) is 25.2 Å². The van der Waals surface area contributed by atoms with E-state index in [9.17, 15) is 9.90 Å². The van der Waals surface area contributed by atoms with Gasteiger partial charge in [0.25, 0.3) is 0 Å². The van der Waals surface area contributed by atoms with Crippen LogP contribution in [0, 0.1) is 6.92 Å². The third-order valence-electron chi connectivity index (χ3n) is 3.81. The fourth-order valence-corrected chi connectivity index (χ4v) is 2.76. The van der Waals surface area contributed by atoms with Gasteiger partial charge in [0.05, 0.1) is 19.2 Å². The predicted molar refractivity (Wildman–Crippen MR) is 77.9 cm³/mol. The monoisotopic (exact) mass is 302 g/mol. The highest BCUT2D eigenvalue weighted by Crippen LogP contribution is 2.29. The Labute approximate surface area is 127 Å². The van der Waals surface area contributed by atoms with Gasteiger partial charge in [-0.15, -0.1) is 0 Å². The van der Waals surface area contributed by atoms with Gasteiger partial charge < -0.3 is 19.8 Å². The van der Waals surface area contributed by atoms with Crippen molar-refractivity contribution in [3.05, 3.63) is 47.1 Å². The van der Waals surface area contributed by atoms with Crippen molar-refractivity contribution in [2.24, 2.45) is 0 Å². The highest BCUT2D eigenvalue weighted by molar-refractivity contribution is 5.75. The largest absolute Gasteiger partial charge is 0.394 e. The maximum Gasteiger partial charge on any atom is 0.318 e. The number of aryl methyl sites for hydroxylation is 1. The first-order chi connectivity index (χ1) is 10.7. The smallest absolute Gasteiger partial charge is 0.318 e. The van der Waals surface area contributed by atoms with Crippen LogP contribution in [0.3, 0.4) is 0 Å². The quantitative estimate of drug-likeness (QED) is 0.888. The Bertz CT molecular complexity index is 670. The third-order valence-corrected chi connectivity index (χ3v) is 3.81. The minimum absolute atomic E-state index is 0.105. The Kier molecular flexibility index (Phi) is 4.06. The van der Waals surface area contributed by atoms with Crippen LogP contribution in [0.2, 0.25) is 0 Å². The SMILES string of the molecule is Cc1nc(CNC(=O)N2CCc3ccccc3C2CO)no1. The van der Waals surface area contributed by atoms with Crippen molar-refractivity contribution >= 4 is 6.03 Å². The summed E-state index contributed by atoms with van der Waals surface area (Å²) >= 11 is 0. The summed E-state index contributed by atoms with van der Waals surface area (Å²) in [5.74, 6) is 0.896. The molecule has 2 aromatic rings. The van der Waals surface area contributed by atoms with Crippen molar-refractivity contribution in [3.8, 4) is 0 Å². The van der Waals surface area contributed by atoms with Crippen LogP contribution in [0.5, 0.6) is 0 Å². The number of nitrogens with one attached hydrogen (secondary N) is 1. The van der Waals surface area contributed by atoms with E-state index < -0.39 is 0 Å². The maximum absolute atomic E-state index is 12.4. The zero-order valence-electron chi connectivity index (χ0n) is 12.3. The number of rotatable bonds is 3. The van der Waals surface area contributed by atoms with Crippen molar-refractivity contribution < 1.29 is 14.4 Å². The summed E-state index contributed by atoms with van der Waals surface area (Å²) < 4.78 is 4.87. The van der Waals surface area contributed by atoms with Gasteiger partial charge in [0.2, 0.25) is 5.89 Å². The lowest BCUT2D eigenvalue weighted by molar-refractivity contribution is 0.126. The van der Waals surface area contributed by atoms with Gasteiger partial charge in [-0.05, 0) is 17.5 Å². The molecular weight excluding hydrogens is 284 g/mol. The van der Waals surface area contributed by atoms with E-state index in [1.54, 1.807) is 11.8 Å². The Morgan fingerprint density at radius 3 is 3.05 bits per heavy atom. The van der Waals surface area contributed by atoms with Crippen LogP contribution in [-0.4, -0.2) is 39.3 Å². The van der Waals surface area contributed by atoms with Crippen LogP contribution >= 0.6 is 0 Å². The number of urea groups is 1. The molecule has 0 bridgehead atoms. The number of carbonyl (C=O) groups excluding carboxylic acids is 1. The van der Waals surface area contributed by atoms with Crippen LogP contribution in [0.25, 0.3) is 0 Å². The molecule has 1 aliphatic heterocycles. The summed E-state index contributed by atoms with van der Waals surface area (Å²) in [6, 6.07) is 7.33. The second kappa shape index (κ2) is 6.15. The van der Waals surface area contributed by atoms with Crippen LogP contribution in [0.4, 0.5) is 4.79 Å². The van der Waals surface area contributed by atoms with E-state index >= 15 is 0 Å². The van der Waals surface area contributed by atoms with Gasteiger partial charge in [-0.1, -0.05) is 29.4 Å². The summed E-state index contributed by atoms with van der Waals surface area (Å²) in [6.07, 6.45) is 0.779. The van der Waals surface area contributed by atoms with Gasteiger partial charge >= 0.3 is 6.03 Å². The minimum Gasteiger partial charge on any atom is -0.394 e. The number of aromatic nitrogens is 2. The summed E-state index contributed by atoms with van der Waals surface area (Å²) in [5.41, 5.74) is 2.18. The number of nitrogens with zero attached hydrogens (tertiary/aromatic N) is 3. The fraction of sp³-hybridized carbons (Fsp3) is 0.400. The molecule has 22 heavy (non-hydrogen) atoms. The van der Waals surface area contributed by atoms with E-state index in [2.05, 4.69) is 15.5 Å². The van der Waals surface area contributed by atoms with Gasteiger partial charge in [-0.3, -0.25) is 0 Å².